The normalized spacial score (nSPS) is 10.1. The van der Waals surface area contributed by atoms with Gasteiger partial charge in [-0.05, 0) is 24.6 Å². The number of carbonyl (C=O) groups excluding carboxylic acids is 1. The molecule has 0 radical (unpaired) electrons. The van der Waals surface area contributed by atoms with E-state index >= 15 is 0 Å². The van der Waals surface area contributed by atoms with E-state index in [1.807, 2.05) is 13.0 Å². The maximum atomic E-state index is 11.7. The average Bonchev–Trinajstić information content (AvgIpc) is 2.75. The van der Waals surface area contributed by atoms with Crippen molar-refractivity contribution in [3.63, 3.8) is 0 Å². The minimum absolute atomic E-state index is 0.0675. The van der Waals surface area contributed by atoms with Gasteiger partial charge in [-0.3, -0.25) is 9.78 Å². The summed E-state index contributed by atoms with van der Waals surface area (Å²) in [5.41, 5.74) is 2.93. The van der Waals surface area contributed by atoms with E-state index in [0.717, 1.165) is 5.56 Å². The van der Waals surface area contributed by atoms with Gasteiger partial charge in [-0.2, -0.15) is 0 Å². The van der Waals surface area contributed by atoms with E-state index in [-0.39, 0.29) is 11.7 Å². The van der Waals surface area contributed by atoms with E-state index in [9.17, 15) is 9.90 Å². The summed E-state index contributed by atoms with van der Waals surface area (Å²) in [6.45, 7) is 1.87. The Hall–Kier alpha value is -1.88. The number of carbonyl (C=O) groups is 1. The van der Waals surface area contributed by atoms with Crippen molar-refractivity contribution in [1.82, 2.24) is 4.98 Å². The van der Waals surface area contributed by atoms with Gasteiger partial charge in [-0.1, -0.05) is 6.07 Å². The summed E-state index contributed by atoms with van der Waals surface area (Å²) >= 11 is 1.25. The van der Waals surface area contributed by atoms with Crippen molar-refractivity contribution in [2.24, 2.45) is 0 Å². The van der Waals surface area contributed by atoms with E-state index < -0.39 is 0 Å². The third-order valence-corrected chi connectivity index (χ3v) is 2.83. The van der Waals surface area contributed by atoms with E-state index in [0.29, 0.717) is 10.6 Å². The first-order valence-corrected chi connectivity index (χ1v) is 5.54. The molecule has 0 atom stereocenters. The van der Waals surface area contributed by atoms with Gasteiger partial charge in [-0.15, -0.1) is 11.3 Å². The molecule has 16 heavy (non-hydrogen) atoms. The van der Waals surface area contributed by atoms with Crippen LogP contribution in [0, 0.1) is 6.92 Å². The fourth-order valence-electron chi connectivity index (χ4n) is 1.26. The first-order valence-electron chi connectivity index (χ1n) is 4.66. The minimum atomic E-state index is -0.262. The lowest BCUT2D eigenvalue weighted by Gasteiger charge is -2.06. The summed E-state index contributed by atoms with van der Waals surface area (Å²) in [5, 5.41) is 12.2. The number of nitrogens with zero attached hydrogens (tertiary/aromatic N) is 1. The molecule has 4 nitrogen and oxygen atoms in total. The Kier molecular flexibility index (Phi) is 2.87. The highest BCUT2D eigenvalue weighted by Crippen LogP contribution is 2.24. The average molecular weight is 234 g/mol. The zero-order chi connectivity index (χ0) is 11.5. The summed E-state index contributed by atoms with van der Waals surface area (Å²) in [6, 6.07) is 5.09. The van der Waals surface area contributed by atoms with Crippen LogP contribution in [0.1, 0.15) is 15.2 Å². The predicted octanol–water partition coefficient (Wildman–Crippen LogP) is 2.41. The molecule has 1 aromatic carbocycles. The second-order valence-electron chi connectivity index (χ2n) is 3.34. The van der Waals surface area contributed by atoms with Gasteiger partial charge in [0.15, 0.2) is 0 Å². The summed E-state index contributed by atoms with van der Waals surface area (Å²) in [7, 11) is 0. The predicted molar refractivity (Wildman–Crippen MR) is 62.9 cm³/mol. The van der Waals surface area contributed by atoms with Crippen molar-refractivity contribution in [3.05, 3.63) is 40.3 Å². The Balaban J connectivity index is 2.18. The maximum Gasteiger partial charge on any atom is 0.267 e. The molecule has 1 aromatic heterocycles. The van der Waals surface area contributed by atoms with Crippen LogP contribution >= 0.6 is 11.3 Å². The molecule has 0 saturated heterocycles. The molecule has 2 aromatic rings. The molecule has 0 aliphatic rings. The van der Waals surface area contributed by atoms with Crippen molar-refractivity contribution >= 4 is 22.9 Å². The molecule has 2 rings (SSSR count). The van der Waals surface area contributed by atoms with E-state index in [2.05, 4.69) is 10.3 Å². The minimum Gasteiger partial charge on any atom is -0.506 e. The zero-order valence-corrected chi connectivity index (χ0v) is 9.41. The topological polar surface area (TPSA) is 62.2 Å². The van der Waals surface area contributed by atoms with Crippen LogP contribution in [-0.2, 0) is 0 Å². The van der Waals surface area contributed by atoms with Crippen molar-refractivity contribution < 1.29 is 9.90 Å². The number of aromatic hydroxyl groups is 1. The van der Waals surface area contributed by atoms with Gasteiger partial charge < -0.3 is 10.4 Å². The Labute approximate surface area is 96.6 Å². The van der Waals surface area contributed by atoms with Crippen LogP contribution in [0.25, 0.3) is 0 Å². The van der Waals surface area contributed by atoms with Crippen molar-refractivity contribution in [2.75, 3.05) is 5.32 Å². The van der Waals surface area contributed by atoms with Gasteiger partial charge in [0.2, 0.25) is 0 Å². The second kappa shape index (κ2) is 4.32. The molecule has 0 aliphatic carbocycles. The van der Waals surface area contributed by atoms with Crippen molar-refractivity contribution in [1.29, 1.82) is 0 Å². The standard InChI is InChI=1S/C11H10N2O2S/c1-7-2-3-8(9(14)4-7)13-11(15)10-5-12-6-16-10/h2-6,14H,1H3,(H,13,15). The Morgan fingerprint density at radius 2 is 2.31 bits per heavy atom. The van der Waals surface area contributed by atoms with Crippen molar-refractivity contribution in [3.8, 4) is 5.75 Å². The SMILES string of the molecule is Cc1ccc(NC(=O)c2cncs2)c(O)c1. The highest BCUT2D eigenvalue weighted by molar-refractivity contribution is 7.11. The molecule has 1 heterocycles. The Bertz CT molecular complexity index is 509. The third-order valence-electron chi connectivity index (χ3n) is 2.06. The van der Waals surface area contributed by atoms with E-state index in [1.165, 1.54) is 17.5 Å². The molecular formula is C11H10N2O2S. The number of hydrogen-bond donors (Lipinski definition) is 2. The summed E-state index contributed by atoms with van der Waals surface area (Å²) in [5.74, 6) is -0.195. The molecule has 0 unspecified atom stereocenters. The van der Waals surface area contributed by atoms with Crippen LogP contribution in [0.5, 0.6) is 5.75 Å². The van der Waals surface area contributed by atoms with Crippen LogP contribution in [0.15, 0.2) is 29.9 Å². The maximum absolute atomic E-state index is 11.7. The number of anilines is 1. The molecule has 82 valence electrons. The lowest BCUT2D eigenvalue weighted by Crippen LogP contribution is -2.10. The van der Waals surface area contributed by atoms with Crippen LogP contribution < -0.4 is 5.32 Å². The number of aromatic nitrogens is 1. The molecule has 2 N–H and O–H groups in total. The number of aryl methyl sites for hydroxylation is 1. The van der Waals surface area contributed by atoms with Gasteiger partial charge >= 0.3 is 0 Å². The number of thiazole rings is 1. The van der Waals surface area contributed by atoms with Gasteiger partial charge in [0.1, 0.15) is 10.6 Å². The van der Waals surface area contributed by atoms with Crippen LogP contribution in [0.2, 0.25) is 0 Å². The van der Waals surface area contributed by atoms with E-state index in [1.54, 1.807) is 17.6 Å². The lowest BCUT2D eigenvalue weighted by atomic mass is 10.2. The van der Waals surface area contributed by atoms with Crippen LogP contribution in [0.3, 0.4) is 0 Å². The van der Waals surface area contributed by atoms with Crippen LogP contribution in [0.4, 0.5) is 5.69 Å². The largest absolute Gasteiger partial charge is 0.506 e. The first-order chi connectivity index (χ1) is 7.66. The molecule has 0 fully saturated rings. The monoisotopic (exact) mass is 234 g/mol. The van der Waals surface area contributed by atoms with Gasteiger partial charge in [0.25, 0.3) is 5.91 Å². The summed E-state index contributed by atoms with van der Waals surface area (Å²) < 4.78 is 0. The van der Waals surface area contributed by atoms with Gasteiger partial charge in [0, 0.05) is 0 Å². The number of hydrogen-bond acceptors (Lipinski definition) is 4. The fraction of sp³-hybridized carbons (Fsp3) is 0.0909. The molecule has 1 amide bonds. The molecule has 5 heteroatoms. The lowest BCUT2D eigenvalue weighted by molar-refractivity contribution is 0.103. The molecule has 0 saturated carbocycles. The zero-order valence-electron chi connectivity index (χ0n) is 8.60. The van der Waals surface area contributed by atoms with E-state index in [4.69, 9.17) is 0 Å². The smallest absolute Gasteiger partial charge is 0.267 e. The third kappa shape index (κ3) is 2.20. The number of amides is 1. The summed E-state index contributed by atoms with van der Waals surface area (Å²) in [4.78, 5) is 16.0. The van der Waals surface area contributed by atoms with Crippen molar-refractivity contribution in [2.45, 2.75) is 6.92 Å². The van der Waals surface area contributed by atoms with Gasteiger partial charge in [-0.25, -0.2) is 0 Å². The Morgan fingerprint density at radius 1 is 1.50 bits per heavy atom. The van der Waals surface area contributed by atoms with Crippen LogP contribution in [-0.4, -0.2) is 16.0 Å². The van der Waals surface area contributed by atoms with Gasteiger partial charge in [0.05, 0.1) is 17.4 Å². The number of benzene rings is 1. The highest BCUT2D eigenvalue weighted by Gasteiger charge is 2.09. The molecule has 0 bridgehead atoms. The molecule has 0 aliphatic heterocycles. The number of phenolic OH excluding ortho intramolecular Hbond substituents is 1. The fourth-order valence-corrected chi connectivity index (χ4v) is 1.77. The first kappa shape index (κ1) is 10.6. The number of rotatable bonds is 2. The number of nitrogens with one attached hydrogen (secondary N) is 1. The molecule has 0 spiro atoms. The highest BCUT2D eigenvalue weighted by atomic mass is 32.1. The quantitative estimate of drug-likeness (QED) is 0.784. The second-order valence-corrected chi connectivity index (χ2v) is 4.23. The number of phenols is 1. The summed E-state index contributed by atoms with van der Waals surface area (Å²) in [6.07, 6.45) is 1.49. The molecular weight excluding hydrogens is 224 g/mol. The Morgan fingerprint density at radius 3 is 2.94 bits per heavy atom.